The van der Waals surface area contributed by atoms with Crippen molar-refractivity contribution < 1.29 is 19.1 Å². The predicted octanol–water partition coefficient (Wildman–Crippen LogP) is 1.58. The van der Waals surface area contributed by atoms with Crippen molar-refractivity contribution in [3.05, 3.63) is 23.8 Å². The van der Waals surface area contributed by atoms with Gasteiger partial charge in [-0.1, -0.05) is 5.16 Å². The fourth-order valence-electron chi connectivity index (χ4n) is 1.39. The van der Waals surface area contributed by atoms with Gasteiger partial charge in [0.05, 0.1) is 19.4 Å². The van der Waals surface area contributed by atoms with E-state index in [0.29, 0.717) is 23.8 Å². The molecule has 19 heavy (non-hydrogen) atoms. The Hall–Kier alpha value is -2.24. The number of carbonyl (C=O) groups is 1. The van der Waals surface area contributed by atoms with Crippen LogP contribution in [0.4, 0.5) is 5.69 Å². The molecule has 0 radical (unpaired) electrons. The van der Waals surface area contributed by atoms with Crippen molar-refractivity contribution in [2.24, 2.45) is 5.16 Å². The van der Waals surface area contributed by atoms with Gasteiger partial charge in [0.25, 0.3) is 0 Å². The van der Waals surface area contributed by atoms with E-state index in [9.17, 15) is 4.79 Å². The van der Waals surface area contributed by atoms with Gasteiger partial charge in [0.15, 0.2) is 0 Å². The first-order chi connectivity index (χ1) is 9.06. The van der Waals surface area contributed by atoms with Gasteiger partial charge in [-0.25, -0.2) is 4.79 Å². The van der Waals surface area contributed by atoms with E-state index in [0.717, 1.165) is 5.56 Å². The number of oxime groups is 1. The smallest absolute Gasteiger partial charge is 0.347 e. The molecule has 104 valence electrons. The first-order valence-corrected chi connectivity index (χ1v) is 5.84. The summed E-state index contributed by atoms with van der Waals surface area (Å²) in [7, 11) is 1.56. The Morgan fingerprint density at radius 1 is 1.37 bits per heavy atom. The second-order valence-corrected chi connectivity index (χ2v) is 3.75. The van der Waals surface area contributed by atoms with Gasteiger partial charge in [0, 0.05) is 17.3 Å². The molecule has 6 heteroatoms. The lowest BCUT2D eigenvalue weighted by molar-refractivity contribution is -0.148. The van der Waals surface area contributed by atoms with E-state index in [-0.39, 0.29) is 6.61 Å². The Morgan fingerprint density at radius 2 is 2.11 bits per heavy atom. The average Bonchev–Trinajstić information content (AvgIpc) is 2.38. The lowest BCUT2D eigenvalue weighted by atomic mass is 10.1. The number of nitrogen functional groups attached to an aromatic ring is 1. The SMILES string of the molecule is CCOC(=O)CO/N=C(\C)c1cc(N)cc(OC)c1. The largest absolute Gasteiger partial charge is 0.497 e. The lowest BCUT2D eigenvalue weighted by Gasteiger charge is -2.06. The predicted molar refractivity (Wildman–Crippen MR) is 72.2 cm³/mol. The monoisotopic (exact) mass is 266 g/mol. The number of esters is 1. The summed E-state index contributed by atoms with van der Waals surface area (Å²) in [4.78, 5) is 16.0. The normalized spacial score (nSPS) is 11.0. The molecule has 0 spiro atoms. The summed E-state index contributed by atoms with van der Waals surface area (Å²) in [5.41, 5.74) is 7.66. The second kappa shape index (κ2) is 7.25. The molecule has 0 heterocycles. The summed E-state index contributed by atoms with van der Waals surface area (Å²) in [5, 5.41) is 3.84. The maximum absolute atomic E-state index is 11.1. The van der Waals surface area contributed by atoms with E-state index in [1.807, 2.05) is 0 Å². The van der Waals surface area contributed by atoms with E-state index >= 15 is 0 Å². The van der Waals surface area contributed by atoms with Crippen LogP contribution in [-0.2, 0) is 14.4 Å². The van der Waals surface area contributed by atoms with Crippen molar-refractivity contribution in [1.29, 1.82) is 0 Å². The number of rotatable bonds is 6. The zero-order valence-corrected chi connectivity index (χ0v) is 11.3. The van der Waals surface area contributed by atoms with Gasteiger partial charge < -0.3 is 20.0 Å². The highest BCUT2D eigenvalue weighted by atomic mass is 16.7. The van der Waals surface area contributed by atoms with Crippen LogP contribution in [0.2, 0.25) is 0 Å². The van der Waals surface area contributed by atoms with Crippen LogP contribution in [-0.4, -0.2) is 32.0 Å². The number of ether oxygens (including phenoxy) is 2. The van der Waals surface area contributed by atoms with E-state index in [2.05, 4.69) is 5.16 Å². The van der Waals surface area contributed by atoms with Crippen LogP contribution in [0.25, 0.3) is 0 Å². The highest BCUT2D eigenvalue weighted by Gasteiger charge is 2.05. The zero-order valence-electron chi connectivity index (χ0n) is 11.3. The van der Waals surface area contributed by atoms with Gasteiger partial charge in [-0.05, 0) is 26.0 Å². The summed E-state index contributed by atoms with van der Waals surface area (Å²) in [5.74, 6) is 0.180. The third-order valence-corrected chi connectivity index (χ3v) is 2.27. The Morgan fingerprint density at radius 3 is 2.74 bits per heavy atom. The van der Waals surface area contributed by atoms with Crippen LogP contribution in [0.15, 0.2) is 23.4 Å². The number of methoxy groups -OCH3 is 1. The molecule has 0 fully saturated rings. The standard InChI is InChI=1S/C13H18N2O4/c1-4-18-13(16)8-19-15-9(2)10-5-11(14)7-12(6-10)17-3/h5-7H,4,8,14H2,1-3H3/b15-9+. The number of anilines is 1. The summed E-state index contributed by atoms with van der Waals surface area (Å²) < 4.78 is 9.82. The van der Waals surface area contributed by atoms with Crippen LogP contribution >= 0.6 is 0 Å². The van der Waals surface area contributed by atoms with Crippen molar-refractivity contribution >= 4 is 17.4 Å². The first kappa shape index (κ1) is 14.8. The summed E-state index contributed by atoms with van der Waals surface area (Å²) in [6.45, 7) is 3.58. The average molecular weight is 266 g/mol. The number of nitrogens with two attached hydrogens (primary N) is 1. The molecule has 0 aliphatic heterocycles. The molecule has 0 aliphatic carbocycles. The molecule has 6 nitrogen and oxygen atoms in total. The number of carbonyl (C=O) groups excluding carboxylic acids is 1. The molecule has 0 saturated carbocycles. The molecule has 1 aromatic rings. The van der Waals surface area contributed by atoms with Crippen LogP contribution in [0.5, 0.6) is 5.75 Å². The molecule has 0 aliphatic rings. The maximum Gasteiger partial charge on any atom is 0.347 e. The van der Waals surface area contributed by atoms with Crippen LogP contribution in [0, 0.1) is 0 Å². The fourth-order valence-corrected chi connectivity index (χ4v) is 1.39. The third kappa shape index (κ3) is 4.87. The van der Waals surface area contributed by atoms with Crippen LogP contribution < -0.4 is 10.5 Å². The number of nitrogens with zero attached hydrogens (tertiary/aromatic N) is 1. The molecule has 0 amide bonds. The molecule has 0 bridgehead atoms. The maximum atomic E-state index is 11.1. The molecule has 2 N–H and O–H groups in total. The molecule has 0 atom stereocenters. The van der Waals surface area contributed by atoms with E-state index < -0.39 is 5.97 Å². The van der Waals surface area contributed by atoms with Crippen molar-refractivity contribution in [1.82, 2.24) is 0 Å². The number of hydrogen-bond acceptors (Lipinski definition) is 6. The van der Waals surface area contributed by atoms with Crippen molar-refractivity contribution in [3.8, 4) is 5.75 Å². The first-order valence-electron chi connectivity index (χ1n) is 5.84. The van der Waals surface area contributed by atoms with E-state index in [1.165, 1.54) is 0 Å². The highest BCUT2D eigenvalue weighted by molar-refractivity contribution is 5.99. The molecule has 0 aromatic heterocycles. The second-order valence-electron chi connectivity index (χ2n) is 3.75. The highest BCUT2D eigenvalue weighted by Crippen LogP contribution is 2.19. The molecular weight excluding hydrogens is 248 g/mol. The topological polar surface area (TPSA) is 83.1 Å². The van der Waals surface area contributed by atoms with Gasteiger partial charge in [0.1, 0.15) is 5.75 Å². The Kier molecular flexibility index (Phi) is 5.66. The van der Waals surface area contributed by atoms with Gasteiger partial charge in [-0.2, -0.15) is 0 Å². The van der Waals surface area contributed by atoms with Crippen LogP contribution in [0.3, 0.4) is 0 Å². The summed E-state index contributed by atoms with van der Waals surface area (Å²) >= 11 is 0. The minimum atomic E-state index is -0.454. The van der Waals surface area contributed by atoms with E-state index in [4.69, 9.17) is 20.0 Å². The Balaban J connectivity index is 2.68. The summed E-state index contributed by atoms with van der Waals surface area (Å²) in [6, 6.07) is 5.23. The molecule has 1 aromatic carbocycles. The Labute approximate surface area is 112 Å². The third-order valence-electron chi connectivity index (χ3n) is 2.27. The molecule has 1 rings (SSSR count). The van der Waals surface area contributed by atoms with Crippen molar-refractivity contribution in [2.45, 2.75) is 13.8 Å². The Bertz CT molecular complexity index is 472. The number of benzene rings is 1. The molecular formula is C13H18N2O4. The fraction of sp³-hybridized carbons (Fsp3) is 0.385. The van der Waals surface area contributed by atoms with E-state index in [1.54, 1.807) is 39.2 Å². The lowest BCUT2D eigenvalue weighted by Crippen LogP contribution is -2.11. The summed E-state index contributed by atoms with van der Waals surface area (Å²) in [6.07, 6.45) is 0. The van der Waals surface area contributed by atoms with Crippen molar-refractivity contribution in [2.75, 3.05) is 26.1 Å². The van der Waals surface area contributed by atoms with Gasteiger partial charge in [-0.3, -0.25) is 0 Å². The zero-order chi connectivity index (χ0) is 14.3. The minimum absolute atomic E-state index is 0.218. The van der Waals surface area contributed by atoms with Gasteiger partial charge in [-0.15, -0.1) is 0 Å². The number of hydrogen-bond donors (Lipinski definition) is 1. The minimum Gasteiger partial charge on any atom is -0.497 e. The van der Waals surface area contributed by atoms with Crippen molar-refractivity contribution in [3.63, 3.8) is 0 Å². The molecule has 0 saturated heterocycles. The van der Waals surface area contributed by atoms with Crippen LogP contribution in [0.1, 0.15) is 19.4 Å². The molecule has 0 unspecified atom stereocenters. The van der Waals surface area contributed by atoms with Gasteiger partial charge in [0.2, 0.25) is 6.61 Å². The van der Waals surface area contributed by atoms with Gasteiger partial charge >= 0.3 is 5.97 Å². The quantitative estimate of drug-likeness (QED) is 0.366.